The maximum atomic E-state index is 13.1. The van der Waals surface area contributed by atoms with Gasteiger partial charge in [0.15, 0.2) is 5.69 Å². The van der Waals surface area contributed by atoms with Crippen LogP contribution in [0.1, 0.15) is 22.6 Å². The fraction of sp³-hybridized carbons (Fsp3) is 0.143. The molecular weight excluding hydrogens is 452 g/mol. The third-order valence-corrected chi connectivity index (χ3v) is 6.21. The summed E-state index contributed by atoms with van der Waals surface area (Å²) in [6.07, 6.45) is 6.40. The minimum absolute atomic E-state index is 0.279. The standard InChI is InChI=1S/C28H24N6O2/c35-28(31-21-9-10-30-22(15-21)18-34-11-4-12-34)27-25-14-19(7-8-26(25)32-33-27)20-13-24(17-29-16-20)36-23-5-2-1-3-6-23/h1-3,5-10,13-17H,4,11-12,18H2,(H,32,33)(H,30,31,35). The van der Waals surface area contributed by atoms with Crippen LogP contribution in [0, 0.1) is 0 Å². The van der Waals surface area contributed by atoms with Gasteiger partial charge in [-0.3, -0.25) is 24.8 Å². The predicted octanol–water partition coefficient (Wildman–Crippen LogP) is 5.27. The number of nitrogens with zero attached hydrogens (tertiary/aromatic N) is 4. The Morgan fingerprint density at radius 3 is 2.69 bits per heavy atom. The van der Waals surface area contributed by atoms with E-state index in [0.717, 1.165) is 53.1 Å². The van der Waals surface area contributed by atoms with E-state index in [1.165, 1.54) is 6.42 Å². The summed E-state index contributed by atoms with van der Waals surface area (Å²) in [5.41, 5.74) is 4.53. The van der Waals surface area contributed by atoms with Gasteiger partial charge in [-0.2, -0.15) is 5.10 Å². The molecule has 8 nitrogen and oxygen atoms in total. The van der Waals surface area contributed by atoms with Crippen LogP contribution in [0.2, 0.25) is 0 Å². The lowest BCUT2D eigenvalue weighted by Crippen LogP contribution is -2.36. The van der Waals surface area contributed by atoms with E-state index in [-0.39, 0.29) is 5.91 Å². The fourth-order valence-electron chi connectivity index (χ4n) is 4.23. The largest absolute Gasteiger partial charge is 0.456 e. The second-order valence-corrected chi connectivity index (χ2v) is 8.78. The molecule has 0 saturated carbocycles. The number of aromatic amines is 1. The number of rotatable bonds is 7. The molecule has 8 heteroatoms. The number of anilines is 1. The first-order chi connectivity index (χ1) is 17.7. The lowest BCUT2D eigenvalue weighted by molar-refractivity contribution is 0.102. The van der Waals surface area contributed by atoms with E-state index in [1.54, 1.807) is 24.7 Å². The zero-order valence-corrected chi connectivity index (χ0v) is 19.5. The number of aromatic nitrogens is 4. The van der Waals surface area contributed by atoms with E-state index in [1.807, 2.05) is 60.7 Å². The first kappa shape index (κ1) is 21.9. The number of fused-ring (bicyclic) bond motifs is 1. The van der Waals surface area contributed by atoms with Crippen LogP contribution in [0.15, 0.2) is 85.3 Å². The lowest BCUT2D eigenvalue weighted by Gasteiger charge is -2.30. The molecule has 0 radical (unpaired) electrons. The van der Waals surface area contributed by atoms with Gasteiger partial charge in [0.1, 0.15) is 11.5 Å². The number of carbonyl (C=O) groups excluding carboxylic acids is 1. The maximum absolute atomic E-state index is 13.1. The van der Waals surface area contributed by atoms with Crippen molar-refractivity contribution in [1.82, 2.24) is 25.1 Å². The number of likely N-dealkylation sites (tertiary alicyclic amines) is 1. The molecule has 0 bridgehead atoms. The summed E-state index contributed by atoms with van der Waals surface area (Å²) in [5.74, 6) is 1.10. The Morgan fingerprint density at radius 1 is 0.972 bits per heavy atom. The van der Waals surface area contributed by atoms with Crippen molar-refractivity contribution in [1.29, 1.82) is 0 Å². The molecule has 0 atom stereocenters. The van der Waals surface area contributed by atoms with E-state index in [4.69, 9.17) is 4.74 Å². The number of pyridine rings is 2. The molecule has 36 heavy (non-hydrogen) atoms. The Morgan fingerprint density at radius 2 is 1.86 bits per heavy atom. The molecule has 4 heterocycles. The molecule has 6 rings (SSSR count). The van der Waals surface area contributed by atoms with Crippen LogP contribution in [0.5, 0.6) is 11.5 Å². The van der Waals surface area contributed by atoms with E-state index >= 15 is 0 Å². The minimum Gasteiger partial charge on any atom is -0.456 e. The van der Waals surface area contributed by atoms with Crippen molar-refractivity contribution in [2.45, 2.75) is 13.0 Å². The lowest BCUT2D eigenvalue weighted by atomic mass is 10.0. The normalized spacial score (nSPS) is 13.3. The summed E-state index contributed by atoms with van der Waals surface area (Å²) in [5, 5.41) is 11.0. The molecule has 2 aromatic carbocycles. The van der Waals surface area contributed by atoms with Crippen LogP contribution in [-0.2, 0) is 6.54 Å². The van der Waals surface area contributed by atoms with Crippen molar-refractivity contribution in [3.63, 3.8) is 0 Å². The van der Waals surface area contributed by atoms with Crippen molar-refractivity contribution in [2.24, 2.45) is 0 Å². The molecule has 5 aromatic rings. The molecule has 1 saturated heterocycles. The Balaban J connectivity index is 1.24. The number of hydrogen-bond donors (Lipinski definition) is 2. The van der Waals surface area contributed by atoms with Crippen LogP contribution in [0.25, 0.3) is 22.0 Å². The highest BCUT2D eigenvalue weighted by Gasteiger charge is 2.17. The van der Waals surface area contributed by atoms with E-state index in [9.17, 15) is 4.79 Å². The second-order valence-electron chi connectivity index (χ2n) is 8.78. The third-order valence-electron chi connectivity index (χ3n) is 6.21. The van der Waals surface area contributed by atoms with Crippen LogP contribution in [0.3, 0.4) is 0 Å². The van der Waals surface area contributed by atoms with Gasteiger partial charge >= 0.3 is 0 Å². The minimum atomic E-state index is -0.279. The molecule has 3 aromatic heterocycles. The molecule has 178 valence electrons. The monoisotopic (exact) mass is 476 g/mol. The molecule has 1 aliphatic heterocycles. The predicted molar refractivity (Wildman–Crippen MR) is 138 cm³/mol. The quantitative estimate of drug-likeness (QED) is 0.332. The highest BCUT2D eigenvalue weighted by atomic mass is 16.5. The van der Waals surface area contributed by atoms with Crippen LogP contribution < -0.4 is 10.1 Å². The molecule has 0 aliphatic carbocycles. The Bertz CT molecular complexity index is 1530. The van der Waals surface area contributed by atoms with Gasteiger partial charge in [-0.1, -0.05) is 24.3 Å². The van der Waals surface area contributed by atoms with Crippen molar-refractivity contribution < 1.29 is 9.53 Å². The van der Waals surface area contributed by atoms with Crippen LogP contribution in [-0.4, -0.2) is 44.1 Å². The van der Waals surface area contributed by atoms with Gasteiger partial charge in [-0.05, 0) is 67.5 Å². The van der Waals surface area contributed by atoms with Crippen molar-refractivity contribution in [3.05, 3.63) is 96.7 Å². The number of nitrogens with one attached hydrogen (secondary N) is 2. The summed E-state index contributed by atoms with van der Waals surface area (Å²) < 4.78 is 5.93. The molecule has 0 spiro atoms. The van der Waals surface area contributed by atoms with Crippen LogP contribution in [0.4, 0.5) is 5.69 Å². The molecular formula is C28H24N6O2. The van der Waals surface area contributed by atoms with Gasteiger partial charge in [-0.15, -0.1) is 0 Å². The zero-order valence-electron chi connectivity index (χ0n) is 19.5. The highest BCUT2D eigenvalue weighted by molar-refractivity contribution is 6.11. The molecule has 1 aliphatic rings. The van der Waals surface area contributed by atoms with Crippen molar-refractivity contribution in [2.75, 3.05) is 18.4 Å². The number of H-pyrrole nitrogens is 1. The number of ether oxygens (including phenoxy) is 1. The Hall–Kier alpha value is -4.56. The van der Waals surface area contributed by atoms with Crippen LogP contribution >= 0.6 is 0 Å². The summed E-state index contributed by atoms with van der Waals surface area (Å²) in [4.78, 5) is 24.2. The number of carbonyl (C=O) groups is 1. The van der Waals surface area contributed by atoms with E-state index in [0.29, 0.717) is 17.1 Å². The molecule has 1 amide bonds. The number of benzene rings is 2. The smallest absolute Gasteiger partial charge is 0.276 e. The van der Waals surface area contributed by atoms with Gasteiger partial charge in [0, 0.05) is 35.6 Å². The van der Waals surface area contributed by atoms with Gasteiger partial charge in [0.2, 0.25) is 0 Å². The van der Waals surface area contributed by atoms with Gasteiger partial charge in [0.25, 0.3) is 5.91 Å². The van der Waals surface area contributed by atoms with Gasteiger partial charge in [0.05, 0.1) is 17.4 Å². The van der Waals surface area contributed by atoms with E-state index < -0.39 is 0 Å². The first-order valence-electron chi connectivity index (χ1n) is 11.9. The summed E-state index contributed by atoms with van der Waals surface area (Å²) in [6.45, 7) is 2.98. The summed E-state index contributed by atoms with van der Waals surface area (Å²) in [7, 11) is 0. The van der Waals surface area contributed by atoms with Gasteiger partial charge in [-0.25, -0.2) is 0 Å². The molecule has 1 fully saturated rings. The number of amides is 1. The number of hydrogen-bond acceptors (Lipinski definition) is 6. The summed E-state index contributed by atoms with van der Waals surface area (Å²) >= 11 is 0. The average Bonchev–Trinajstić information content (AvgIpc) is 3.31. The highest BCUT2D eigenvalue weighted by Crippen LogP contribution is 2.29. The molecule has 2 N–H and O–H groups in total. The molecule has 0 unspecified atom stereocenters. The van der Waals surface area contributed by atoms with E-state index in [2.05, 4.69) is 30.4 Å². The van der Waals surface area contributed by atoms with Crippen molar-refractivity contribution in [3.8, 4) is 22.6 Å². The second kappa shape index (κ2) is 9.59. The number of para-hydroxylation sites is 1. The maximum Gasteiger partial charge on any atom is 0.276 e. The average molecular weight is 477 g/mol. The Kier molecular flexibility index (Phi) is 5.85. The SMILES string of the molecule is O=C(Nc1ccnc(CN2CCC2)c1)c1n[nH]c2ccc(-c3cncc(Oc4ccccc4)c3)cc12. The first-order valence-corrected chi connectivity index (χ1v) is 11.9. The zero-order chi connectivity index (χ0) is 24.3. The fourth-order valence-corrected chi connectivity index (χ4v) is 4.23. The van der Waals surface area contributed by atoms with Gasteiger partial charge < -0.3 is 10.1 Å². The topological polar surface area (TPSA) is 96.0 Å². The van der Waals surface area contributed by atoms with Crippen molar-refractivity contribution >= 4 is 22.5 Å². The Labute approximate surface area is 208 Å². The third kappa shape index (κ3) is 4.67. The summed E-state index contributed by atoms with van der Waals surface area (Å²) in [6, 6.07) is 21.0.